The third-order valence-corrected chi connectivity index (χ3v) is 0. The number of hydrogen-bond donors (Lipinski definition) is 0. The summed E-state index contributed by atoms with van der Waals surface area (Å²) >= 11 is 0. The Morgan fingerprint density at radius 2 is 0.583 bits per heavy atom. The Kier molecular flexibility index (Phi) is 22.2. The van der Waals surface area contributed by atoms with Crippen LogP contribution >= 0.6 is 15.6 Å². The Balaban J connectivity index is -0.0000000457. The van der Waals surface area contributed by atoms with E-state index in [1.807, 2.05) is 0 Å². The minimum Gasteiger partial charge on any atom is -0.822 e. The first kappa shape index (κ1) is 24.5. The topological polar surface area (TPSA) is 172 Å². The molecule has 0 rings (SSSR count). The van der Waals surface area contributed by atoms with Gasteiger partial charge in [-0.3, -0.25) is 0 Å². The van der Waals surface area contributed by atoms with Crippen molar-refractivity contribution in [3.8, 4) is 0 Å². The third kappa shape index (κ3) is 181. The van der Waals surface area contributed by atoms with Gasteiger partial charge in [-0.1, -0.05) is 0 Å². The Bertz CT molecular complexity index is 127. The normalized spacial score (nSPS) is 9.83. The summed E-state index contributed by atoms with van der Waals surface area (Å²) in [5.74, 6) is 0. The quantitative estimate of drug-likeness (QED) is 0.251. The van der Waals surface area contributed by atoms with E-state index in [-0.39, 0.29) is 97.8 Å². The van der Waals surface area contributed by atoms with Gasteiger partial charge in [-0.15, -0.1) is 0 Å². The zero-order valence-corrected chi connectivity index (χ0v) is 16.2. The number of phosphoric acid groups is 2. The van der Waals surface area contributed by atoms with Crippen LogP contribution in [0.2, 0.25) is 0 Å². The van der Waals surface area contributed by atoms with Crippen LogP contribution in [0.3, 0.4) is 0 Å². The average molecular weight is 465 g/mol. The van der Waals surface area contributed by atoms with E-state index in [1.54, 1.807) is 0 Å². The zero-order valence-electron chi connectivity index (χ0n) is 5.57. The molecule has 0 unspecified atom stereocenters. The maximum atomic E-state index is 8.55. The summed E-state index contributed by atoms with van der Waals surface area (Å²) in [6, 6.07) is 0. The molecule has 0 fully saturated rings. The van der Waals surface area contributed by atoms with Crippen LogP contribution in [0.15, 0.2) is 0 Å². The van der Waals surface area contributed by atoms with E-state index in [0.29, 0.717) is 0 Å². The predicted octanol–water partition coefficient (Wildman–Crippen LogP) is -6.41. The van der Waals surface area contributed by atoms with E-state index in [9.17, 15) is 0 Å². The molecular weight excluding hydrogens is 465 g/mol. The molecule has 0 aromatic carbocycles. The molecule has 0 aliphatic heterocycles. The van der Waals surface area contributed by atoms with E-state index in [4.69, 9.17) is 38.5 Å². The zero-order chi connectivity index (χ0) is 9.00. The fourth-order valence-corrected chi connectivity index (χ4v) is 0. The van der Waals surface area contributed by atoms with Crippen molar-refractivity contribution >= 4 is 113 Å². The summed E-state index contributed by atoms with van der Waals surface area (Å²) in [4.78, 5) is 51.3. The van der Waals surface area contributed by atoms with Crippen LogP contribution in [0.4, 0.5) is 0 Å². The van der Waals surface area contributed by atoms with Crippen molar-refractivity contribution in [1.82, 2.24) is 0 Å². The molecule has 0 aliphatic rings. The van der Waals surface area contributed by atoms with Gasteiger partial charge in [0, 0.05) is 0 Å². The van der Waals surface area contributed by atoms with Crippen LogP contribution in [-0.2, 0) is 9.13 Å². The van der Waals surface area contributed by atoms with Gasteiger partial charge in [-0.05, 0) is 0 Å². The largest absolute Gasteiger partial charge is 2.00 e. The van der Waals surface area contributed by atoms with E-state index in [1.165, 1.54) is 0 Å². The van der Waals surface area contributed by atoms with Crippen LogP contribution in [0.1, 0.15) is 0 Å². The van der Waals surface area contributed by atoms with E-state index in [0.717, 1.165) is 0 Å². The molecule has 0 amide bonds. The molecule has 0 heterocycles. The molecule has 64 valence electrons. The minimum absolute atomic E-state index is 0. The van der Waals surface area contributed by atoms with Crippen molar-refractivity contribution < 1.29 is 38.5 Å². The Hall–Kier alpha value is 3.36. The fourth-order valence-electron chi connectivity index (χ4n) is 0. The second-order valence-electron chi connectivity index (χ2n) is 0.894. The molecule has 0 N–H and O–H groups in total. The second-order valence-corrected chi connectivity index (χ2v) is 2.68. The maximum Gasteiger partial charge on any atom is 2.00 e. The monoisotopic (exact) mass is 466 g/mol. The molecule has 0 spiro atoms. The molecular formula is Ba2O8P2-2. The van der Waals surface area contributed by atoms with Crippen molar-refractivity contribution in [3.63, 3.8) is 0 Å². The molecule has 12 heavy (non-hydrogen) atoms. The van der Waals surface area contributed by atoms with Gasteiger partial charge in [0.25, 0.3) is 0 Å². The van der Waals surface area contributed by atoms with Gasteiger partial charge in [0.05, 0.1) is 0 Å². The molecule has 0 aromatic heterocycles. The molecule has 0 bridgehead atoms. The first-order chi connectivity index (χ1) is 4.00. The van der Waals surface area contributed by atoms with Crippen LogP contribution in [-0.4, -0.2) is 97.8 Å². The molecule has 0 saturated carbocycles. The molecule has 0 atom stereocenters. The van der Waals surface area contributed by atoms with Gasteiger partial charge in [0.15, 0.2) is 0 Å². The van der Waals surface area contributed by atoms with Crippen molar-refractivity contribution in [2.45, 2.75) is 0 Å². The van der Waals surface area contributed by atoms with Gasteiger partial charge < -0.3 is 38.5 Å². The number of hydrogen-bond acceptors (Lipinski definition) is 8. The van der Waals surface area contributed by atoms with E-state index >= 15 is 0 Å². The SMILES string of the molecule is O=P([O-])([O-])[O-].O=P([O-])([O-])[O-].[Ba+2].[Ba+2]. The van der Waals surface area contributed by atoms with Gasteiger partial charge in [0.1, 0.15) is 0 Å². The Labute approximate surface area is 148 Å². The standard InChI is InChI=1S/2Ba.2H3O4P/c;;2*1-5(2,3)4/h;;2*(H3,1,2,3,4)/q2*+2;;/p-6. The minimum atomic E-state index is -5.39. The summed E-state index contributed by atoms with van der Waals surface area (Å²) in [7, 11) is -10.8. The van der Waals surface area contributed by atoms with Crippen molar-refractivity contribution in [2.24, 2.45) is 0 Å². The second kappa shape index (κ2) is 10.9. The average Bonchev–Trinajstić information content (AvgIpc) is 1.12. The van der Waals surface area contributed by atoms with Gasteiger partial charge in [0.2, 0.25) is 0 Å². The molecule has 0 aromatic rings. The first-order valence-corrected chi connectivity index (χ1v) is 4.38. The third-order valence-electron chi connectivity index (χ3n) is 0. The smallest absolute Gasteiger partial charge is 0.822 e. The van der Waals surface area contributed by atoms with Crippen LogP contribution in [0, 0.1) is 0 Å². The Morgan fingerprint density at radius 1 is 0.583 bits per heavy atom. The van der Waals surface area contributed by atoms with Crippen molar-refractivity contribution in [3.05, 3.63) is 0 Å². The summed E-state index contributed by atoms with van der Waals surface area (Å²) in [5.41, 5.74) is 0. The van der Waals surface area contributed by atoms with Crippen LogP contribution in [0.5, 0.6) is 0 Å². The molecule has 0 radical (unpaired) electrons. The van der Waals surface area contributed by atoms with Crippen LogP contribution < -0.4 is 29.4 Å². The molecule has 12 heteroatoms. The van der Waals surface area contributed by atoms with Crippen molar-refractivity contribution in [1.29, 1.82) is 0 Å². The summed E-state index contributed by atoms with van der Waals surface area (Å²) in [5, 5.41) is 0. The maximum absolute atomic E-state index is 8.55. The summed E-state index contributed by atoms with van der Waals surface area (Å²) in [6.07, 6.45) is 0. The molecule has 0 aliphatic carbocycles. The van der Waals surface area contributed by atoms with Gasteiger partial charge in [-0.2, -0.15) is 15.6 Å². The number of rotatable bonds is 0. The van der Waals surface area contributed by atoms with E-state index in [2.05, 4.69) is 0 Å². The van der Waals surface area contributed by atoms with Gasteiger partial charge >= 0.3 is 97.8 Å². The first-order valence-electron chi connectivity index (χ1n) is 1.46. The molecule has 8 nitrogen and oxygen atoms in total. The predicted molar refractivity (Wildman–Crippen MR) is 26.7 cm³/mol. The van der Waals surface area contributed by atoms with Crippen molar-refractivity contribution in [2.75, 3.05) is 0 Å². The molecule has 0 saturated heterocycles. The Morgan fingerprint density at radius 3 is 0.583 bits per heavy atom. The van der Waals surface area contributed by atoms with Gasteiger partial charge in [-0.25, -0.2) is 0 Å². The van der Waals surface area contributed by atoms with Crippen LogP contribution in [0.25, 0.3) is 0 Å². The van der Waals surface area contributed by atoms with E-state index < -0.39 is 15.6 Å². The summed E-state index contributed by atoms with van der Waals surface area (Å²) < 4.78 is 17.1. The summed E-state index contributed by atoms with van der Waals surface area (Å²) in [6.45, 7) is 0. The fraction of sp³-hybridized carbons (Fsp3) is 0.